The first-order chi connectivity index (χ1) is 16.8. The van der Waals surface area contributed by atoms with Gasteiger partial charge in [0.25, 0.3) is 0 Å². The third-order valence-corrected chi connectivity index (χ3v) is 5.35. The van der Waals surface area contributed by atoms with Gasteiger partial charge in [0, 0.05) is 39.6 Å². The fourth-order valence-electron chi connectivity index (χ4n) is 3.29. The maximum absolute atomic E-state index is 8.48. The van der Waals surface area contributed by atoms with E-state index in [1.54, 1.807) is 0 Å². The highest BCUT2D eigenvalue weighted by atomic mass is 35.5. The van der Waals surface area contributed by atoms with Crippen LogP contribution in [0.5, 0.6) is 0 Å². The lowest BCUT2D eigenvalue weighted by Crippen LogP contribution is -2.23. The van der Waals surface area contributed by atoms with Crippen molar-refractivity contribution in [2.45, 2.75) is 104 Å². The van der Waals surface area contributed by atoms with E-state index in [0.29, 0.717) is 33.0 Å². The number of hydrogen-bond acceptors (Lipinski definition) is 7. The van der Waals surface area contributed by atoms with Gasteiger partial charge in [0.2, 0.25) is 0 Å². The fourth-order valence-corrected chi connectivity index (χ4v) is 3.29. The molecule has 214 valence electrons. The van der Waals surface area contributed by atoms with Crippen molar-refractivity contribution in [3.05, 3.63) is 0 Å². The summed E-state index contributed by atoms with van der Waals surface area (Å²) in [6, 6.07) is 0. The van der Waals surface area contributed by atoms with Crippen molar-refractivity contribution < 1.29 is 33.5 Å². The Kier molecular flexibility index (Phi) is 36.1. The van der Waals surface area contributed by atoms with Crippen LogP contribution in [0, 0.1) is 0 Å². The van der Waals surface area contributed by atoms with Crippen molar-refractivity contribution in [2.75, 3.05) is 72.7 Å². The van der Waals surface area contributed by atoms with Crippen molar-refractivity contribution in [3.63, 3.8) is 0 Å². The number of aliphatic hydroxyl groups excluding tert-OH is 1. The summed E-state index contributed by atoms with van der Waals surface area (Å²) in [7, 11) is 0. The minimum atomic E-state index is 0. The maximum Gasteiger partial charge on any atom is 0.157 e. The lowest BCUT2D eigenvalue weighted by molar-refractivity contribution is -0.164. The summed E-state index contributed by atoms with van der Waals surface area (Å²) in [6.45, 7) is 12.0. The van der Waals surface area contributed by atoms with E-state index >= 15 is 0 Å². The molecule has 1 aliphatic heterocycles. The molecule has 1 atom stereocenters. The topological polar surface area (TPSA) is 75.6 Å². The van der Waals surface area contributed by atoms with Crippen molar-refractivity contribution in [1.82, 2.24) is 0 Å². The van der Waals surface area contributed by atoms with Gasteiger partial charge < -0.3 is 33.5 Å². The van der Waals surface area contributed by atoms with E-state index in [9.17, 15) is 0 Å². The summed E-state index contributed by atoms with van der Waals surface area (Å²) >= 11 is 0. The molecule has 7 nitrogen and oxygen atoms in total. The Hall–Kier alpha value is 0.01000. The normalized spacial score (nSPS) is 15.3. The zero-order valence-electron chi connectivity index (χ0n) is 22.9. The predicted octanol–water partition coefficient (Wildman–Crippen LogP) is 5.94. The third-order valence-electron chi connectivity index (χ3n) is 5.35. The van der Waals surface area contributed by atoms with E-state index in [0.717, 1.165) is 58.7 Å². The Labute approximate surface area is 222 Å². The molecule has 1 aliphatic rings. The second-order valence-corrected chi connectivity index (χ2v) is 8.67. The maximum atomic E-state index is 8.48. The molecule has 1 unspecified atom stereocenters. The molecule has 0 aliphatic carbocycles. The summed E-state index contributed by atoms with van der Waals surface area (Å²) in [6.07, 6.45) is 15.1. The van der Waals surface area contributed by atoms with Crippen LogP contribution in [0.4, 0.5) is 0 Å². The van der Waals surface area contributed by atoms with Crippen LogP contribution in [0.2, 0.25) is 0 Å². The van der Waals surface area contributed by atoms with Gasteiger partial charge in [-0.25, -0.2) is 0 Å². The predicted molar refractivity (Wildman–Crippen MR) is 145 cm³/mol. The molecule has 0 aromatic carbocycles. The molecule has 0 saturated carbocycles. The SMILES string of the molecule is CCCCCCOCCOCCCO.CCCCCCOCCOCCCOC1CCCCO1.Cl. The molecule has 1 N–H and O–H groups in total. The molecular weight excluding hydrogens is 472 g/mol. The van der Waals surface area contributed by atoms with Crippen LogP contribution in [-0.2, 0) is 28.4 Å². The molecule has 0 amide bonds. The van der Waals surface area contributed by atoms with E-state index < -0.39 is 0 Å². The molecule has 0 spiro atoms. The van der Waals surface area contributed by atoms with Gasteiger partial charge in [-0.05, 0) is 44.9 Å². The molecule has 8 heteroatoms. The number of rotatable bonds is 24. The summed E-state index contributed by atoms with van der Waals surface area (Å²) in [4.78, 5) is 0. The van der Waals surface area contributed by atoms with Gasteiger partial charge in [0.1, 0.15) is 0 Å². The minimum absolute atomic E-state index is 0. The van der Waals surface area contributed by atoms with E-state index in [2.05, 4.69) is 13.8 Å². The summed E-state index contributed by atoms with van der Waals surface area (Å²) < 4.78 is 32.7. The monoisotopic (exact) mass is 528 g/mol. The third kappa shape index (κ3) is 32.0. The van der Waals surface area contributed by atoms with Crippen molar-refractivity contribution >= 4 is 12.4 Å². The molecule has 35 heavy (non-hydrogen) atoms. The Balaban J connectivity index is 0. The van der Waals surface area contributed by atoms with Crippen molar-refractivity contribution in [3.8, 4) is 0 Å². The number of unbranched alkanes of at least 4 members (excludes halogenated alkanes) is 6. The smallest absolute Gasteiger partial charge is 0.157 e. The van der Waals surface area contributed by atoms with Crippen LogP contribution in [0.15, 0.2) is 0 Å². The number of halogens is 1. The molecule has 0 bridgehead atoms. The molecule has 1 rings (SSSR count). The minimum Gasteiger partial charge on any atom is -0.396 e. The number of ether oxygens (including phenoxy) is 6. The van der Waals surface area contributed by atoms with Crippen LogP contribution in [0.1, 0.15) is 97.3 Å². The second kappa shape index (κ2) is 34.0. The molecule has 1 fully saturated rings. The van der Waals surface area contributed by atoms with E-state index in [1.165, 1.54) is 57.8 Å². The van der Waals surface area contributed by atoms with Gasteiger partial charge in [-0.15, -0.1) is 12.4 Å². The van der Waals surface area contributed by atoms with Gasteiger partial charge in [-0.2, -0.15) is 0 Å². The van der Waals surface area contributed by atoms with E-state index in [4.69, 9.17) is 33.5 Å². The van der Waals surface area contributed by atoms with Crippen LogP contribution in [0.3, 0.4) is 0 Å². The Morgan fingerprint density at radius 3 is 1.57 bits per heavy atom. The Morgan fingerprint density at radius 2 is 1.11 bits per heavy atom. The second-order valence-electron chi connectivity index (χ2n) is 8.67. The molecule has 1 saturated heterocycles. The first kappa shape index (κ1) is 37.2. The summed E-state index contributed by atoms with van der Waals surface area (Å²) in [5, 5.41) is 8.48. The lowest BCUT2D eigenvalue weighted by Gasteiger charge is -2.22. The average Bonchev–Trinajstić information content (AvgIpc) is 2.87. The highest BCUT2D eigenvalue weighted by Gasteiger charge is 2.13. The zero-order valence-corrected chi connectivity index (χ0v) is 23.7. The Morgan fingerprint density at radius 1 is 0.600 bits per heavy atom. The summed E-state index contributed by atoms with van der Waals surface area (Å²) in [5.41, 5.74) is 0. The molecule has 0 radical (unpaired) electrons. The van der Waals surface area contributed by atoms with Gasteiger partial charge in [0.05, 0.1) is 33.0 Å². The number of aliphatic hydroxyl groups is 1. The van der Waals surface area contributed by atoms with E-state index in [-0.39, 0.29) is 25.3 Å². The largest absolute Gasteiger partial charge is 0.396 e. The van der Waals surface area contributed by atoms with Crippen LogP contribution in [-0.4, -0.2) is 84.1 Å². The first-order valence-corrected chi connectivity index (χ1v) is 14.0. The average molecular weight is 529 g/mol. The van der Waals surface area contributed by atoms with Crippen LogP contribution < -0.4 is 0 Å². The molecule has 0 aromatic heterocycles. The standard InChI is InChI=1S/C16H32O4.C11H24O3.ClH/c1-2-3-4-6-10-17-14-15-18-11-8-13-20-16-9-5-7-12-19-16;1-2-3-4-5-8-13-10-11-14-9-6-7-12;/h16H,2-15H2,1H3;12H,2-11H2,1H3;1H. The van der Waals surface area contributed by atoms with Gasteiger partial charge in [-0.1, -0.05) is 52.4 Å². The quantitative estimate of drug-likeness (QED) is 0.155. The lowest BCUT2D eigenvalue weighted by atomic mass is 10.2. The first-order valence-electron chi connectivity index (χ1n) is 14.0. The van der Waals surface area contributed by atoms with Gasteiger partial charge in [-0.3, -0.25) is 0 Å². The summed E-state index contributed by atoms with van der Waals surface area (Å²) in [5.74, 6) is 0. The van der Waals surface area contributed by atoms with Crippen LogP contribution in [0.25, 0.3) is 0 Å². The molecule has 0 aromatic rings. The van der Waals surface area contributed by atoms with Crippen molar-refractivity contribution in [1.29, 1.82) is 0 Å². The van der Waals surface area contributed by atoms with Gasteiger partial charge in [0.15, 0.2) is 6.29 Å². The molecular formula is C27H57ClO7. The number of hydrogen-bond donors (Lipinski definition) is 1. The molecule has 1 heterocycles. The highest BCUT2D eigenvalue weighted by Crippen LogP contribution is 2.13. The van der Waals surface area contributed by atoms with Crippen molar-refractivity contribution in [2.24, 2.45) is 0 Å². The fraction of sp³-hybridized carbons (Fsp3) is 1.00. The van der Waals surface area contributed by atoms with Gasteiger partial charge >= 0.3 is 0 Å². The Bertz CT molecular complexity index is 346. The van der Waals surface area contributed by atoms with E-state index in [1.807, 2.05) is 0 Å². The van der Waals surface area contributed by atoms with Crippen LogP contribution >= 0.6 is 12.4 Å². The zero-order chi connectivity index (χ0) is 24.8. The highest BCUT2D eigenvalue weighted by molar-refractivity contribution is 5.85.